The van der Waals surface area contributed by atoms with E-state index in [-0.39, 0.29) is 0 Å². The number of rotatable bonds is 7. The van der Waals surface area contributed by atoms with Gasteiger partial charge in [0.1, 0.15) is 0 Å². The lowest BCUT2D eigenvalue weighted by Gasteiger charge is -2.11. The summed E-state index contributed by atoms with van der Waals surface area (Å²) in [6.07, 6.45) is 4.29. The van der Waals surface area contributed by atoms with Crippen molar-refractivity contribution in [1.29, 1.82) is 0 Å². The van der Waals surface area contributed by atoms with Crippen LogP contribution in [0.3, 0.4) is 0 Å². The summed E-state index contributed by atoms with van der Waals surface area (Å²) in [5.74, 6) is 1.51. The first kappa shape index (κ1) is 16.4. The number of hydrogen-bond acceptors (Lipinski definition) is 1. The van der Waals surface area contributed by atoms with E-state index in [0.717, 1.165) is 38.4 Å². The average Bonchev–Trinajstić information content (AvgIpc) is 2.92. The van der Waals surface area contributed by atoms with E-state index in [4.69, 9.17) is 0 Å². The van der Waals surface area contributed by atoms with E-state index in [1.54, 1.807) is 0 Å². The van der Waals surface area contributed by atoms with Gasteiger partial charge in [0.25, 0.3) is 0 Å². The molecule has 0 fully saturated rings. The molecule has 0 unspecified atom stereocenters. The van der Waals surface area contributed by atoms with Crippen LogP contribution in [-0.4, -0.2) is 30.6 Å². The van der Waals surface area contributed by atoms with E-state index in [0.29, 0.717) is 5.92 Å². The lowest BCUT2D eigenvalue weighted by Crippen LogP contribution is -2.38. The summed E-state index contributed by atoms with van der Waals surface area (Å²) in [7, 11) is 0. The maximum atomic E-state index is 4.59. The van der Waals surface area contributed by atoms with Crippen LogP contribution in [0.2, 0.25) is 0 Å². The van der Waals surface area contributed by atoms with Gasteiger partial charge in [0, 0.05) is 36.7 Å². The zero-order valence-corrected chi connectivity index (χ0v) is 13.9. The smallest absolute Gasteiger partial charge is 0.191 e. The summed E-state index contributed by atoms with van der Waals surface area (Å²) in [4.78, 5) is 7.92. The molecule has 0 bridgehead atoms. The Morgan fingerprint density at radius 1 is 1.23 bits per heavy atom. The number of aryl methyl sites for hydroxylation is 1. The van der Waals surface area contributed by atoms with Gasteiger partial charge in [-0.25, -0.2) is 0 Å². The van der Waals surface area contributed by atoms with Crippen LogP contribution in [0.25, 0.3) is 10.9 Å². The molecular formula is C18H28N4. The summed E-state index contributed by atoms with van der Waals surface area (Å²) in [5.41, 5.74) is 2.61. The van der Waals surface area contributed by atoms with Crippen molar-refractivity contribution in [3.05, 3.63) is 36.0 Å². The number of fused-ring (bicyclic) bond motifs is 1. The molecule has 0 aliphatic rings. The van der Waals surface area contributed by atoms with Crippen LogP contribution in [0, 0.1) is 5.92 Å². The van der Waals surface area contributed by atoms with Gasteiger partial charge in [-0.1, -0.05) is 32.0 Å². The first-order chi connectivity index (χ1) is 10.7. The fraction of sp³-hybridized carbons (Fsp3) is 0.500. The summed E-state index contributed by atoms with van der Waals surface area (Å²) in [6, 6.07) is 8.47. The van der Waals surface area contributed by atoms with Crippen LogP contribution in [0.15, 0.2) is 35.5 Å². The van der Waals surface area contributed by atoms with Crippen molar-refractivity contribution in [2.45, 2.75) is 33.6 Å². The highest BCUT2D eigenvalue weighted by Gasteiger charge is 2.03. The Morgan fingerprint density at radius 2 is 2.05 bits per heavy atom. The van der Waals surface area contributed by atoms with Gasteiger partial charge in [-0.05, 0) is 37.3 Å². The maximum Gasteiger partial charge on any atom is 0.191 e. The highest BCUT2D eigenvalue weighted by Crippen LogP contribution is 2.18. The molecule has 1 aromatic carbocycles. The Bertz CT molecular complexity index is 598. The number of benzene rings is 1. The van der Waals surface area contributed by atoms with Gasteiger partial charge in [0.05, 0.1) is 0 Å². The highest BCUT2D eigenvalue weighted by atomic mass is 15.2. The second-order valence-corrected chi connectivity index (χ2v) is 6.00. The summed E-state index contributed by atoms with van der Waals surface area (Å²) >= 11 is 0. The predicted octanol–water partition coefficient (Wildman–Crippen LogP) is 3.31. The van der Waals surface area contributed by atoms with Gasteiger partial charge in [-0.3, -0.25) is 4.99 Å². The van der Waals surface area contributed by atoms with Gasteiger partial charge in [-0.2, -0.15) is 0 Å². The first-order valence-corrected chi connectivity index (χ1v) is 8.28. The molecule has 0 saturated heterocycles. The number of aromatic nitrogens is 1. The van der Waals surface area contributed by atoms with Crippen LogP contribution in [0.1, 0.15) is 32.8 Å². The molecule has 2 rings (SSSR count). The summed E-state index contributed by atoms with van der Waals surface area (Å²) < 4.78 is 0. The van der Waals surface area contributed by atoms with Gasteiger partial charge < -0.3 is 15.6 Å². The van der Waals surface area contributed by atoms with E-state index in [9.17, 15) is 0 Å². The Balaban J connectivity index is 1.81. The Labute approximate surface area is 133 Å². The average molecular weight is 300 g/mol. The van der Waals surface area contributed by atoms with Gasteiger partial charge >= 0.3 is 0 Å². The third-order valence-electron chi connectivity index (χ3n) is 3.55. The molecule has 4 heteroatoms. The predicted molar refractivity (Wildman–Crippen MR) is 95.4 cm³/mol. The molecular weight excluding hydrogens is 272 g/mol. The SMILES string of the molecule is CCNC(=NCC(C)C)NCCCc1c[nH]c2ccccc12. The number of hydrogen-bond donors (Lipinski definition) is 3. The third kappa shape index (κ3) is 4.79. The van der Waals surface area contributed by atoms with Crippen molar-refractivity contribution < 1.29 is 0 Å². The fourth-order valence-electron chi connectivity index (χ4n) is 2.44. The van der Waals surface area contributed by atoms with Gasteiger partial charge in [0.15, 0.2) is 5.96 Å². The van der Waals surface area contributed by atoms with Gasteiger partial charge in [-0.15, -0.1) is 0 Å². The Kier molecular flexibility index (Phi) is 6.31. The maximum absolute atomic E-state index is 4.59. The van der Waals surface area contributed by atoms with Crippen molar-refractivity contribution in [3.8, 4) is 0 Å². The van der Waals surface area contributed by atoms with Crippen molar-refractivity contribution in [3.63, 3.8) is 0 Å². The van der Waals surface area contributed by atoms with Crippen LogP contribution in [0.4, 0.5) is 0 Å². The highest BCUT2D eigenvalue weighted by molar-refractivity contribution is 5.83. The molecule has 0 aliphatic carbocycles. The lowest BCUT2D eigenvalue weighted by atomic mass is 10.1. The molecule has 1 aromatic heterocycles. The molecule has 2 aromatic rings. The molecule has 0 spiro atoms. The quantitative estimate of drug-likeness (QED) is 0.417. The number of nitrogens with zero attached hydrogens (tertiary/aromatic N) is 1. The molecule has 0 amide bonds. The topological polar surface area (TPSA) is 52.2 Å². The number of nitrogens with one attached hydrogen (secondary N) is 3. The van der Waals surface area contributed by atoms with Crippen molar-refractivity contribution in [1.82, 2.24) is 15.6 Å². The van der Waals surface area contributed by atoms with Crippen molar-refractivity contribution in [2.75, 3.05) is 19.6 Å². The van der Waals surface area contributed by atoms with Crippen molar-refractivity contribution in [2.24, 2.45) is 10.9 Å². The number of H-pyrrole nitrogens is 1. The second kappa shape index (κ2) is 8.47. The van der Waals surface area contributed by atoms with Crippen LogP contribution in [0.5, 0.6) is 0 Å². The minimum atomic E-state index is 0.585. The number of aromatic amines is 1. The largest absolute Gasteiger partial charge is 0.361 e. The molecule has 1 heterocycles. The van der Waals surface area contributed by atoms with E-state index in [1.165, 1.54) is 16.5 Å². The minimum absolute atomic E-state index is 0.585. The minimum Gasteiger partial charge on any atom is -0.361 e. The van der Waals surface area contributed by atoms with E-state index >= 15 is 0 Å². The number of para-hydroxylation sites is 1. The van der Waals surface area contributed by atoms with E-state index < -0.39 is 0 Å². The summed E-state index contributed by atoms with van der Waals surface area (Å²) in [5, 5.41) is 8.05. The normalized spacial score (nSPS) is 12.1. The molecule has 4 nitrogen and oxygen atoms in total. The molecule has 120 valence electrons. The van der Waals surface area contributed by atoms with Gasteiger partial charge in [0.2, 0.25) is 0 Å². The lowest BCUT2D eigenvalue weighted by molar-refractivity contribution is 0.654. The summed E-state index contributed by atoms with van der Waals surface area (Å²) in [6.45, 7) is 9.15. The Hall–Kier alpha value is -1.97. The zero-order chi connectivity index (χ0) is 15.8. The standard InChI is InChI=1S/C18H28N4/c1-4-19-18(22-12-14(2)3)20-11-7-8-15-13-21-17-10-6-5-9-16(15)17/h5-6,9-10,13-14,21H,4,7-8,11-12H2,1-3H3,(H2,19,20,22). The molecule has 0 aliphatic heterocycles. The zero-order valence-electron chi connectivity index (χ0n) is 13.9. The number of guanidine groups is 1. The number of aliphatic imine (C=N–C) groups is 1. The third-order valence-corrected chi connectivity index (χ3v) is 3.55. The van der Waals surface area contributed by atoms with Crippen LogP contribution in [-0.2, 0) is 6.42 Å². The first-order valence-electron chi connectivity index (χ1n) is 8.28. The van der Waals surface area contributed by atoms with Crippen LogP contribution < -0.4 is 10.6 Å². The van der Waals surface area contributed by atoms with E-state index in [1.807, 2.05) is 0 Å². The molecule has 0 saturated carbocycles. The molecule has 0 atom stereocenters. The van der Waals surface area contributed by atoms with E-state index in [2.05, 4.69) is 71.8 Å². The fourth-order valence-corrected chi connectivity index (χ4v) is 2.44. The second-order valence-electron chi connectivity index (χ2n) is 6.00. The van der Waals surface area contributed by atoms with Crippen LogP contribution >= 0.6 is 0 Å². The molecule has 0 radical (unpaired) electrons. The molecule has 22 heavy (non-hydrogen) atoms. The van der Waals surface area contributed by atoms with Crippen molar-refractivity contribution >= 4 is 16.9 Å². The Morgan fingerprint density at radius 3 is 2.82 bits per heavy atom. The molecule has 3 N–H and O–H groups in total. The monoisotopic (exact) mass is 300 g/mol.